The zero-order chi connectivity index (χ0) is 13.0. The molecule has 92 valence electrons. The van der Waals surface area contributed by atoms with Crippen LogP contribution in [0.15, 0.2) is 60.7 Å². The molecule has 0 aliphatic heterocycles. The van der Waals surface area contributed by atoms with E-state index in [9.17, 15) is 4.79 Å². The van der Waals surface area contributed by atoms with E-state index >= 15 is 0 Å². The summed E-state index contributed by atoms with van der Waals surface area (Å²) in [5.74, 6) is 0. The fourth-order valence-electron chi connectivity index (χ4n) is 1.86. The van der Waals surface area contributed by atoms with Crippen LogP contribution in [-0.2, 0) is 9.54 Å². The maximum atomic E-state index is 12.0. The molecule has 0 spiro atoms. The lowest BCUT2D eigenvalue weighted by atomic mass is 9.91. The molecule has 0 atom stereocenters. The van der Waals surface area contributed by atoms with Crippen LogP contribution in [0.4, 0.5) is 0 Å². The molecule has 0 aliphatic carbocycles. The lowest BCUT2D eigenvalue weighted by Crippen LogP contribution is -2.29. The van der Waals surface area contributed by atoms with Gasteiger partial charge in [0.25, 0.3) is 0 Å². The first-order chi connectivity index (χ1) is 8.71. The maximum Gasteiger partial charge on any atom is 0.247 e. The lowest BCUT2D eigenvalue weighted by Gasteiger charge is -2.27. The average molecular weight is 297 g/mol. The van der Waals surface area contributed by atoms with Gasteiger partial charge in [0.2, 0.25) is 5.24 Å². The van der Waals surface area contributed by atoms with Crippen molar-refractivity contribution < 1.29 is 4.79 Å². The van der Waals surface area contributed by atoms with Gasteiger partial charge in [-0.15, -0.1) is 0 Å². The van der Waals surface area contributed by atoms with Crippen molar-refractivity contribution in [1.82, 2.24) is 0 Å². The summed E-state index contributed by atoms with van der Waals surface area (Å²) in [5.41, 5.74) is 1.55. The Morgan fingerprint density at radius 1 is 0.889 bits per heavy atom. The Balaban J connectivity index is 2.65. The van der Waals surface area contributed by atoms with Crippen LogP contribution in [0.5, 0.6) is 0 Å². The van der Waals surface area contributed by atoms with Crippen molar-refractivity contribution in [3.63, 3.8) is 0 Å². The number of benzene rings is 2. The monoisotopic (exact) mass is 296 g/mol. The van der Waals surface area contributed by atoms with E-state index in [1.54, 1.807) is 0 Å². The van der Waals surface area contributed by atoms with E-state index in [1.807, 2.05) is 60.7 Å². The van der Waals surface area contributed by atoms with Crippen molar-refractivity contribution in [2.75, 3.05) is 0 Å². The van der Waals surface area contributed by atoms with Gasteiger partial charge in [0.05, 0.1) is 0 Å². The van der Waals surface area contributed by atoms with E-state index in [-0.39, 0.29) is 0 Å². The molecule has 0 saturated heterocycles. The van der Waals surface area contributed by atoms with Gasteiger partial charge in [-0.2, -0.15) is 0 Å². The van der Waals surface area contributed by atoms with Crippen LogP contribution in [-0.4, -0.2) is 5.24 Å². The fraction of sp³-hybridized carbons (Fsp3) is 0.0714. The summed E-state index contributed by atoms with van der Waals surface area (Å²) >= 11 is 5.83. The first-order valence-corrected chi connectivity index (χ1v) is 7.34. The van der Waals surface area contributed by atoms with E-state index in [4.69, 9.17) is 22.3 Å². The molecule has 0 radical (unpaired) electrons. The van der Waals surface area contributed by atoms with Crippen molar-refractivity contribution >= 4 is 38.5 Å². The number of hydrogen-bond acceptors (Lipinski definition) is 2. The van der Waals surface area contributed by atoms with Gasteiger partial charge in [-0.1, -0.05) is 60.7 Å². The normalized spacial score (nSPS) is 11.2. The molecule has 2 aromatic rings. The molecule has 1 nitrogen and oxygen atoms in total. The summed E-state index contributed by atoms with van der Waals surface area (Å²) in [7, 11) is 6.92. The summed E-state index contributed by atoms with van der Waals surface area (Å²) in [6.45, 7) is 0. The van der Waals surface area contributed by atoms with Gasteiger partial charge < -0.3 is 0 Å². The molecule has 0 unspecified atom stereocenters. The molecule has 2 aromatic carbocycles. The van der Waals surface area contributed by atoms with Gasteiger partial charge in [0.15, 0.2) is 4.75 Å². The van der Waals surface area contributed by atoms with E-state index in [1.165, 1.54) is 0 Å². The largest absolute Gasteiger partial charge is 0.279 e. The minimum absolute atomic E-state index is 0.500. The molecule has 0 aliphatic rings. The summed E-state index contributed by atoms with van der Waals surface area (Å²) < 4.78 is -1.06. The molecule has 2 rings (SSSR count). The predicted molar refractivity (Wildman–Crippen MR) is 78.0 cm³/mol. The summed E-state index contributed by atoms with van der Waals surface area (Å²) in [6, 6.07) is 18.6. The van der Waals surface area contributed by atoms with E-state index in [0.29, 0.717) is 0 Å². The molecule has 0 fully saturated rings. The van der Waals surface area contributed by atoms with Crippen molar-refractivity contribution in [1.29, 1.82) is 0 Å². The number of rotatable bonds is 4. The van der Waals surface area contributed by atoms with Crippen molar-refractivity contribution in [2.45, 2.75) is 4.75 Å². The molecule has 4 heteroatoms. The van der Waals surface area contributed by atoms with Crippen LogP contribution in [0, 0.1) is 0 Å². The highest BCUT2D eigenvalue weighted by Gasteiger charge is 2.41. The SMILES string of the molecule is O=C(Cl)C(SCl)(c1ccccc1)c1ccccc1. The minimum Gasteiger partial charge on any atom is -0.279 e. The molecule has 0 saturated carbocycles. The van der Waals surface area contributed by atoms with Crippen molar-refractivity contribution in [3.05, 3.63) is 71.8 Å². The Morgan fingerprint density at radius 2 is 1.28 bits per heavy atom. The van der Waals surface area contributed by atoms with Crippen LogP contribution in [0.2, 0.25) is 0 Å². The summed E-state index contributed by atoms with van der Waals surface area (Å²) in [6.07, 6.45) is 0. The standard InChI is InChI=1S/C14H10Cl2OS/c15-13(17)14(18-16,11-7-3-1-4-8-11)12-9-5-2-6-10-12/h1-10H. The highest BCUT2D eigenvalue weighted by atomic mass is 35.7. The van der Waals surface area contributed by atoms with E-state index < -0.39 is 9.99 Å². The molecule has 0 heterocycles. The molecule has 0 amide bonds. The Hall–Kier alpha value is -0.960. The van der Waals surface area contributed by atoms with Gasteiger partial charge in [0, 0.05) is 0 Å². The smallest absolute Gasteiger partial charge is 0.247 e. The van der Waals surface area contributed by atoms with Crippen LogP contribution in [0.3, 0.4) is 0 Å². The molecule has 0 N–H and O–H groups in total. The highest BCUT2D eigenvalue weighted by Crippen LogP contribution is 2.46. The third kappa shape index (κ3) is 2.28. The molecular formula is C14H10Cl2OS. The van der Waals surface area contributed by atoms with Crippen LogP contribution in [0.1, 0.15) is 11.1 Å². The van der Waals surface area contributed by atoms with Crippen LogP contribution < -0.4 is 0 Å². The zero-order valence-electron chi connectivity index (χ0n) is 9.35. The second-order valence-corrected chi connectivity index (χ2v) is 5.34. The average Bonchev–Trinajstić information content (AvgIpc) is 2.42. The van der Waals surface area contributed by atoms with E-state index in [2.05, 4.69) is 0 Å². The number of carbonyl (C=O) groups is 1. The van der Waals surface area contributed by atoms with Gasteiger partial charge >= 0.3 is 0 Å². The van der Waals surface area contributed by atoms with Crippen LogP contribution >= 0.6 is 33.3 Å². The Kier molecular flexibility index (Phi) is 4.33. The van der Waals surface area contributed by atoms with Gasteiger partial charge in [-0.25, -0.2) is 0 Å². The molecule has 18 heavy (non-hydrogen) atoms. The third-order valence-corrected chi connectivity index (χ3v) is 4.73. The zero-order valence-corrected chi connectivity index (χ0v) is 11.7. The Morgan fingerprint density at radius 3 is 1.56 bits per heavy atom. The fourth-order valence-corrected chi connectivity index (χ4v) is 3.57. The van der Waals surface area contributed by atoms with Crippen molar-refractivity contribution in [2.24, 2.45) is 0 Å². The first kappa shape index (κ1) is 13.5. The van der Waals surface area contributed by atoms with E-state index in [0.717, 1.165) is 22.1 Å². The maximum absolute atomic E-state index is 12.0. The molecular weight excluding hydrogens is 287 g/mol. The number of hydrogen-bond donors (Lipinski definition) is 0. The van der Waals surface area contributed by atoms with Crippen molar-refractivity contribution in [3.8, 4) is 0 Å². The highest BCUT2D eigenvalue weighted by molar-refractivity contribution is 8.22. The second-order valence-electron chi connectivity index (χ2n) is 3.76. The lowest BCUT2D eigenvalue weighted by molar-refractivity contribution is -0.113. The number of halogens is 2. The first-order valence-electron chi connectivity index (χ1n) is 5.32. The van der Waals surface area contributed by atoms with Crippen LogP contribution in [0.25, 0.3) is 0 Å². The Bertz CT molecular complexity index is 489. The minimum atomic E-state index is -1.06. The molecule has 0 aromatic heterocycles. The second kappa shape index (κ2) is 5.79. The summed E-state index contributed by atoms with van der Waals surface area (Å²) in [4.78, 5) is 12.0. The quantitative estimate of drug-likeness (QED) is 0.768. The third-order valence-electron chi connectivity index (χ3n) is 2.75. The van der Waals surface area contributed by atoms with Gasteiger partial charge in [0.1, 0.15) is 0 Å². The Labute approximate surface area is 120 Å². The summed E-state index contributed by atoms with van der Waals surface area (Å²) in [5, 5.41) is -0.500. The number of carbonyl (C=O) groups excluding carboxylic acids is 1. The molecule has 0 bridgehead atoms. The predicted octanol–water partition coefficient (Wildman–Crippen LogP) is 4.58. The topological polar surface area (TPSA) is 17.1 Å². The van der Waals surface area contributed by atoms with Gasteiger partial charge in [-0.3, -0.25) is 4.79 Å². The van der Waals surface area contributed by atoms with Gasteiger partial charge in [-0.05, 0) is 44.4 Å².